The van der Waals surface area contributed by atoms with E-state index in [4.69, 9.17) is 0 Å². The maximum Gasteiger partial charge on any atom is 0.165 e. The van der Waals surface area contributed by atoms with E-state index in [2.05, 4.69) is 37.5 Å². The number of aliphatic hydroxyl groups excluding tert-OH is 2. The number of hydrogen-bond donors (Lipinski definition) is 3. The first kappa shape index (κ1) is 23.7. The minimum atomic E-state index is -0.617. The van der Waals surface area contributed by atoms with Gasteiger partial charge in [0.25, 0.3) is 0 Å². The van der Waals surface area contributed by atoms with Gasteiger partial charge in [0.2, 0.25) is 0 Å². The monoisotopic (exact) mass is 457 g/mol. The van der Waals surface area contributed by atoms with Gasteiger partial charge >= 0.3 is 0 Å². The summed E-state index contributed by atoms with van der Waals surface area (Å²) in [6.07, 6.45) is 13.2. The van der Waals surface area contributed by atoms with Crippen LogP contribution in [0.15, 0.2) is 35.5 Å². The third-order valence-corrected chi connectivity index (χ3v) is 10.0. The molecule has 7 atom stereocenters. The second-order valence-electron chi connectivity index (χ2n) is 12.3. The Kier molecular flexibility index (Phi) is 6.41. The van der Waals surface area contributed by atoms with Crippen LogP contribution in [0.25, 0.3) is 0 Å². The maximum atomic E-state index is 10.9. The number of rotatable bonds is 5. The highest BCUT2D eigenvalue weighted by Crippen LogP contribution is 2.59. The molecule has 3 N–H and O–H groups in total. The van der Waals surface area contributed by atoms with Crippen molar-refractivity contribution in [2.45, 2.75) is 89.9 Å². The average molecular weight is 458 g/mol. The van der Waals surface area contributed by atoms with Gasteiger partial charge in [-0.05, 0) is 73.7 Å². The van der Waals surface area contributed by atoms with Crippen LogP contribution < -0.4 is 0 Å². The van der Waals surface area contributed by atoms with Crippen molar-refractivity contribution in [3.63, 3.8) is 0 Å². The van der Waals surface area contributed by atoms with E-state index in [9.17, 15) is 15.4 Å². The Morgan fingerprint density at radius 2 is 1.88 bits per heavy atom. The van der Waals surface area contributed by atoms with Gasteiger partial charge in [-0.2, -0.15) is 4.65 Å². The predicted molar refractivity (Wildman–Crippen MR) is 130 cm³/mol. The maximum absolute atomic E-state index is 10.9. The zero-order chi connectivity index (χ0) is 23.4. The third-order valence-electron chi connectivity index (χ3n) is 10.0. The van der Waals surface area contributed by atoms with Crippen LogP contribution in [0, 0.1) is 23.2 Å². The van der Waals surface area contributed by atoms with Crippen molar-refractivity contribution in [1.29, 1.82) is 0 Å². The van der Waals surface area contributed by atoms with Crippen molar-refractivity contribution in [1.82, 2.24) is 4.90 Å². The molecule has 33 heavy (non-hydrogen) atoms. The van der Waals surface area contributed by atoms with E-state index >= 15 is 0 Å². The molecule has 1 heterocycles. The van der Waals surface area contributed by atoms with Crippen LogP contribution in [0.4, 0.5) is 0 Å². The van der Waals surface area contributed by atoms with E-state index in [0.717, 1.165) is 37.8 Å². The number of quaternary nitrogens is 1. The van der Waals surface area contributed by atoms with E-state index in [1.165, 1.54) is 44.9 Å². The highest BCUT2D eigenvalue weighted by molar-refractivity contribution is 5.29. The molecule has 5 nitrogen and oxygen atoms in total. The van der Waals surface area contributed by atoms with Crippen LogP contribution in [-0.4, -0.2) is 69.5 Å². The van der Waals surface area contributed by atoms with Gasteiger partial charge in [0.1, 0.15) is 12.6 Å². The molecule has 5 rings (SSSR count). The van der Waals surface area contributed by atoms with E-state index in [1.807, 2.05) is 0 Å². The lowest BCUT2D eigenvalue weighted by Crippen LogP contribution is -2.46. The Morgan fingerprint density at radius 1 is 1.15 bits per heavy atom. The smallest absolute Gasteiger partial charge is 0.165 e. The molecular formula is C28H45N2O3+. The van der Waals surface area contributed by atoms with E-state index in [0.29, 0.717) is 46.4 Å². The van der Waals surface area contributed by atoms with Crippen LogP contribution in [0.2, 0.25) is 0 Å². The summed E-state index contributed by atoms with van der Waals surface area (Å²) in [5.74, 6) is 2.04. The Bertz CT molecular complexity index is 817. The molecule has 5 aliphatic rings. The second-order valence-corrected chi connectivity index (χ2v) is 12.3. The van der Waals surface area contributed by atoms with Crippen molar-refractivity contribution < 1.29 is 20.1 Å². The summed E-state index contributed by atoms with van der Waals surface area (Å²) in [4.78, 5) is 2.53. The number of allylic oxidation sites excluding steroid dienone is 3. The zero-order valence-electron chi connectivity index (χ0n) is 20.8. The summed E-state index contributed by atoms with van der Waals surface area (Å²) in [6, 6.07) is 0.503. The first-order chi connectivity index (χ1) is 15.7. The first-order valence-electron chi connectivity index (χ1n) is 13.4. The SMILES string of the molecule is C=C1[C@H](O)CC(=C/C=C2\CCC[C@]3(C)[C@@H]([C@H](C)CN4CC[N+](O)(C5CC5)C4)CC[C@@H]23)C[C@H]1O. The molecule has 5 heteroatoms. The van der Waals surface area contributed by atoms with Gasteiger partial charge in [0.15, 0.2) is 6.67 Å². The number of nitrogens with zero attached hydrogens (tertiary/aromatic N) is 2. The minimum absolute atomic E-state index is 0.301. The summed E-state index contributed by atoms with van der Waals surface area (Å²) in [5.41, 5.74) is 3.65. The molecule has 184 valence electrons. The fourth-order valence-electron chi connectivity index (χ4n) is 7.98. The van der Waals surface area contributed by atoms with Crippen molar-refractivity contribution in [2.24, 2.45) is 23.2 Å². The summed E-state index contributed by atoms with van der Waals surface area (Å²) >= 11 is 0. The molecule has 0 aromatic rings. The highest BCUT2D eigenvalue weighted by atomic mass is 16.6. The molecule has 5 fully saturated rings. The summed E-state index contributed by atoms with van der Waals surface area (Å²) in [5, 5.41) is 31.3. The van der Waals surface area contributed by atoms with Crippen LogP contribution >= 0.6 is 0 Å². The molecule has 4 saturated carbocycles. The van der Waals surface area contributed by atoms with Gasteiger partial charge in [0, 0.05) is 19.4 Å². The predicted octanol–water partition coefficient (Wildman–Crippen LogP) is 4.41. The van der Waals surface area contributed by atoms with E-state index < -0.39 is 12.2 Å². The fourth-order valence-corrected chi connectivity index (χ4v) is 7.98. The molecule has 0 aromatic carbocycles. The molecule has 1 saturated heterocycles. The summed E-state index contributed by atoms with van der Waals surface area (Å²) in [7, 11) is 0. The lowest BCUT2D eigenvalue weighted by Gasteiger charge is -2.45. The summed E-state index contributed by atoms with van der Waals surface area (Å²) in [6.45, 7) is 12.7. The van der Waals surface area contributed by atoms with Crippen LogP contribution in [0.1, 0.15) is 71.6 Å². The topological polar surface area (TPSA) is 63.9 Å². The van der Waals surface area contributed by atoms with Gasteiger partial charge in [-0.3, -0.25) is 0 Å². The Labute approximate surface area is 200 Å². The van der Waals surface area contributed by atoms with Crippen LogP contribution in [-0.2, 0) is 0 Å². The molecule has 0 radical (unpaired) electrons. The van der Waals surface area contributed by atoms with Crippen molar-refractivity contribution >= 4 is 0 Å². The lowest BCUT2D eigenvalue weighted by atomic mass is 9.61. The second kappa shape index (κ2) is 8.91. The number of hydroxylamine groups is 3. The average Bonchev–Trinajstić information content (AvgIpc) is 3.48. The van der Waals surface area contributed by atoms with Gasteiger partial charge in [-0.1, -0.05) is 43.7 Å². The molecule has 0 amide bonds. The van der Waals surface area contributed by atoms with Gasteiger partial charge < -0.3 is 10.2 Å². The van der Waals surface area contributed by atoms with Crippen molar-refractivity contribution in [3.8, 4) is 0 Å². The van der Waals surface area contributed by atoms with Crippen LogP contribution in [0.3, 0.4) is 0 Å². The number of aliphatic hydroxyl groups is 2. The Balaban J connectivity index is 1.24. The first-order valence-corrected chi connectivity index (χ1v) is 13.4. The normalized spacial score (nSPS) is 44.3. The minimum Gasteiger partial charge on any atom is -0.388 e. The van der Waals surface area contributed by atoms with Crippen LogP contribution in [0.5, 0.6) is 0 Å². The third kappa shape index (κ3) is 4.52. The summed E-state index contributed by atoms with van der Waals surface area (Å²) < 4.78 is 0.301. The molecule has 4 aliphatic carbocycles. The largest absolute Gasteiger partial charge is 0.388 e. The Morgan fingerprint density at radius 3 is 2.58 bits per heavy atom. The quantitative estimate of drug-likeness (QED) is 0.423. The van der Waals surface area contributed by atoms with Gasteiger partial charge in [-0.15, -0.1) is 0 Å². The van der Waals surface area contributed by atoms with Gasteiger partial charge in [-0.25, -0.2) is 10.1 Å². The van der Waals surface area contributed by atoms with Crippen molar-refractivity contribution in [2.75, 3.05) is 26.3 Å². The highest BCUT2D eigenvalue weighted by Gasteiger charge is 2.52. The Hall–Kier alpha value is -0.980. The fraction of sp³-hybridized carbons (Fsp3) is 0.786. The lowest BCUT2D eigenvalue weighted by molar-refractivity contribution is -1.10. The molecule has 1 aliphatic heterocycles. The standard InChI is InChI=1S/C28H45N2O3/c1-19(17-29-13-14-30(33,18-29)23-8-9-23)24-10-11-25-22(5-4-12-28(24,25)3)7-6-21-15-26(31)20(2)27(32)16-21/h6-7,19,23-27,31-33H,2,4-5,8-18H2,1,3H3/q+1/b22-7+/t19-,24-,25+,26-,27-,28-,30?/m1/s1. The zero-order valence-corrected chi connectivity index (χ0v) is 20.8. The molecule has 0 aromatic heterocycles. The number of fused-ring (bicyclic) bond motifs is 1. The molecule has 0 spiro atoms. The van der Waals surface area contributed by atoms with E-state index in [1.54, 1.807) is 5.57 Å². The molecular weight excluding hydrogens is 412 g/mol. The molecule has 1 unspecified atom stereocenters. The molecule has 0 bridgehead atoms. The van der Waals surface area contributed by atoms with E-state index in [-0.39, 0.29) is 0 Å². The number of hydrogen-bond acceptors (Lipinski definition) is 4. The van der Waals surface area contributed by atoms with Crippen molar-refractivity contribution in [3.05, 3.63) is 35.5 Å². The van der Waals surface area contributed by atoms with Gasteiger partial charge in [0.05, 0.1) is 18.8 Å².